The first-order valence-corrected chi connectivity index (χ1v) is 5.59. The highest BCUT2D eigenvalue weighted by atomic mass is 16.5. The molecule has 3 nitrogen and oxygen atoms in total. The molecule has 1 heterocycles. The molecule has 1 aromatic heterocycles. The van der Waals surface area contributed by atoms with Crippen LogP contribution in [0, 0.1) is 0 Å². The van der Waals surface area contributed by atoms with Gasteiger partial charge in [-0.2, -0.15) is 0 Å². The monoisotopic (exact) mass is 216 g/mol. The summed E-state index contributed by atoms with van der Waals surface area (Å²) in [5.41, 5.74) is 0.975. The molecule has 1 N–H and O–H groups in total. The lowest BCUT2D eigenvalue weighted by Gasteiger charge is -2.08. The number of aromatic nitrogens is 1. The van der Waals surface area contributed by atoms with Crippen LogP contribution in [0.3, 0.4) is 0 Å². The van der Waals surface area contributed by atoms with Gasteiger partial charge in [0.15, 0.2) is 0 Å². The largest absolute Gasteiger partial charge is 0.492 e. The van der Waals surface area contributed by atoms with Crippen LogP contribution in [0.4, 0.5) is 0 Å². The van der Waals surface area contributed by atoms with E-state index in [1.165, 1.54) is 0 Å². The molecule has 0 spiro atoms. The molecule has 0 unspecified atom stereocenters. The van der Waals surface area contributed by atoms with Gasteiger partial charge in [0.2, 0.25) is 0 Å². The maximum atomic E-state index is 5.72. The number of hydrogen-bond donors (Lipinski definition) is 1. The van der Waals surface area contributed by atoms with Crippen molar-refractivity contribution in [2.45, 2.75) is 6.92 Å². The molecule has 2 rings (SSSR count). The first kappa shape index (κ1) is 10.9. The number of ether oxygens (including phenoxy) is 1. The van der Waals surface area contributed by atoms with Crippen LogP contribution in [0.1, 0.15) is 6.92 Å². The third kappa shape index (κ3) is 2.49. The predicted octanol–water partition coefficient (Wildman–Crippen LogP) is 2.22. The fraction of sp³-hybridized carbons (Fsp3) is 0.308. The minimum atomic E-state index is 0.682. The van der Waals surface area contributed by atoms with Crippen molar-refractivity contribution in [3.05, 3.63) is 36.5 Å². The normalized spacial score (nSPS) is 10.6. The summed E-state index contributed by atoms with van der Waals surface area (Å²) in [6, 6.07) is 9.91. The maximum Gasteiger partial charge on any atom is 0.128 e. The van der Waals surface area contributed by atoms with E-state index in [-0.39, 0.29) is 0 Å². The average Bonchev–Trinajstić information content (AvgIpc) is 2.35. The Bertz CT molecular complexity index is 451. The molecular formula is C13H16N2O. The van der Waals surface area contributed by atoms with Gasteiger partial charge in [-0.3, -0.25) is 4.98 Å². The molecule has 0 saturated heterocycles. The van der Waals surface area contributed by atoms with Gasteiger partial charge in [-0.25, -0.2) is 0 Å². The number of likely N-dealkylation sites (N-methyl/N-ethyl adjacent to an activating group) is 1. The Kier molecular flexibility index (Phi) is 3.72. The summed E-state index contributed by atoms with van der Waals surface area (Å²) in [4.78, 5) is 4.29. The number of hydrogen-bond acceptors (Lipinski definition) is 3. The molecule has 16 heavy (non-hydrogen) atoms. The molecule has 1 aromatic carbocycles. The van der Waals surface area contributed by atoms with Crippen molar-refractivity contribution in [2.24, 2.45) is 0 Å². The maximum absolute atomic E-state index is 5.72. The summed E-state index contributed by atoms with van der Waals surface area (Å²) in [7, 11) is 0. The number of rotatable bonds is 5. The minimum absolute atomic E-state index is 0.682. The van der Waals surface area contributed by atoms with Gasteiger partial charge < -0.3 is 10.1 Å². The van der Waals surface area contributed by atoms with Crippen molar-refractivity contribution in [1.82, 2.24) is 10.3 Å². The summed E-state index contributed by atoms with van der Waals surface area (Å²) in [5.74, 6) is 0.906. The number of nitrogens with one attached hydrogen (secondary N) is 1. The Hall–Kier alpha value is -1.61. The van der Waals surface area contributed by atoms with E-state index in [9.17, 15) is 0 Å². The first-order valence-electron chi connectivity index (χ1n) is 5.59. The topological polar surface area (TPSA) is 34.1 Å². The van der Waals surface area contributed by atoms with Crippen LogP contribution >= 0.6 is 0 Å². The van der Waals surface area contributed by atoms with Crippen LogP contribution in [0.2, 0.25) is 0 Å². The van der Waals surface area contributed by atoms with E-state index in [0.29, 0.717) is 6.61 Å². The lowest BCUT2D eigenvalue weighted by molar-refractivity contribution is 0.319. The second-order valence-corrected chi connectivity index (χ2v) is 3.53. The van der Waals surface area contributed by atoms with Gasteiger partial charge in [-0.05, 0) is 30.8 Å². The van der Waals surface area contributed by atoms with E-state index in [1.54, 1.807) is 6.20 Å². The van der Waals surface area contributed by atoms with Crippen LogP contribution < -0.4 is 10.1 Å². The van der Waals surface area contributed by atoms with Crippen LogP contribution in [-0.2, 0) is 0 Å². The van der Waals surface area contributed by atoms with Gasteiger partial charge in [-0.1, -0.05) is 13.0 Å². The van der Waals surface area contributed by atoms with Gasteiger partial charge in [0, 0.05) is 18.1 Å². The molecular weight excluding hydrogens is 200 g/mol. The fourth-order valence-corrected chi connectivity index (χ4v) is 1.61. The molecule has 0 atom stereocenters. The molecule has 0 radical (unpaired) electrons. The van der Waals surface area contributed by atoms with Gasteiger partial charge in [-0.15, -0.1) is 0 Å². The molecule has 3 heteroatoms. The zero-order chi connectivity index (χ0) is 11.2. The highest BCUT2D eigenvalue weighted by Crippen LogP contribution is 2.23. The lowest BCUT2D eigenvalue weighted by Crippen LogP contribution is -2.20. The summed E-state index contributed by atoms with van der Waals surface area (Å²) < 4.78 is 5.72. The van der Waals surface area contributed by atoms with Crippen molar-refractivity contribution in [3.8, 4) is 5.75 Å². The van der Waals surface area contributed by atoms with Gasteiger partial charge in [0.25, 0.3) is 0 Å². The fourth-order valence-electron chi connectivity index (χ4n) is 1.61. The van der Waals surface area contributed by atoms with E-state index in [4.69, 9.17) is 4.74 Å². The number of fused-ring (bicyclic) bond motifs is 1. The number of nitrogens with zero attached hydrogens (tertiary/aromatic N) is 1. The quantitative estimate of drug-likeness (QED) is 0.778. The Labute approximate surface area is 95.5 Å². The summed E-state index contributed by atoms with van der Waals surface area (Å²) >= 11 is 0. The van der Waals surface area contributed by atoms with Crippen molar-refractivity contribution in [3.63, 3.8) is 0 Å². The number of benzene rings is 1. The number of pyridine rings is 1. The van der Waals surface area contributed by atoms with Crippen LogP contribution in [0.5, 0.6) is 5.75 Å². The smallest absolute Gasteiger partial charge is 0.128 e. The van der Waals surface area contributed by atoms with E-state index >= 15 is 0 Å². The summed E-state index contributed by atoms with van der Waals surface area (Å²) in [6.07, 6.45) is 1.80. The van der Waals surface area contributed by atoms with E-state index in [1.807, 2.05) is 30.3 Å². The van der Waals surface area contributed by atoms with E-state index in [2.05, 4.69) is 17.2 Å². The molecule has 0 amide bonds. The van der Waals surface area contributed by atoms with Gasteiger partial charge in [0.1, 0.15) is 12.4 Å². The molecule has 0 aliphatic heterocycles. The van der Waals surface area contributed by atoms with E-state index in [0.717, 1.165) is 29.7 Å². The van der Waals surface area contributed by atoms with Crippen molar-refractivity contribution in [2.75, 3.05) is 19.7 Å². The molecule has 0 bridgehead atoms. The lowest BCUT2D eigenvalue weighted by atomic mass is 10.2. The predicted molar refractivity (Wildman–Crippen MR) is 65.8 cm³/mol. The van der Waals surface area contributed by atoms with Gasteiger partial charge in [0.05, 0.1) is 5.52 Å². The van der Waals surface area contributed by atoms with Crippen LogP contribution in [0.25, 0.3) is 10.9 Å². The molecule has 0 aliphatic carbocycles. The minimum Gasteiger partial charge on any atom is -0.492 e. The van der Waals surface area contributed by atoms with E-state index < -0.39 is 0 Å². The highest BCUT2D eigenvalue weighted by Gasteiger charge is 2.00. The summed E-state index contributed by atoms with van der Waals surface area (Å²) in [5, 5.41) is 4.30. The van der Waals surface area contributed by atoms with Crippen molar-refractivity contribution < 1.29 is 4.74 Å². The average molecular weight is 216 g/mol. The van der Waals surface area contributed by atoms with Gasteiger partial charge >= 0.3 is 0 Å². The Balaban J connectivity index is 2.11. The Morgan fingerprint density at radius 2 is 2.19 bits per heavy atom. The van der Waals surface area contributed by atoms with Crippen molar-refractivity contribution in [1.29, 1.82) is 0 Å². The standard InChI is InChI=1S/C13H16N2O/c1-2-14-9-10-16-13-7-3-6-12-11(13)5-4-8-15-12/h3-8,14H,2,9-10H2,1H3. The second-order valence-electron chi connectivity index (χ2n) is 3.53. The van der Waals surface area contributed by atoms with Crippen LogP contribution in [0.15, 0.2) is 36.5 Å². The zero-order valence-electron chi connectivity index (χ0n) is 9.44. The third-order valence-electron chi connectivity index (χ3n) is 2.39. The van der Waals surface area contributed by atoms with Crippen molar-refractivity contribution >= 4 is 10.9 Å². The molecule has 0 aliphatic rings. The summed E-state index contributed by atoms with van der Waals surface area (Å²) in [6.45, 7) is 4.61. The molecule has 2 aromatic rings. The third-order valence-corrected chi connectivity index (χ3v) is 2.39. The second kappa shape index (κ2) is 5.47. The molecule has 0 saturated carbocycles. The SMILES string of the molecule is CCNCCOc1cccc2ncccc12. The van der Waals surface area contributed by atoms with Crippen LogP contribution in [-0.4, -0.2) is 24.7 Å². The molecule has 84 valence electrons. The Morgan fingerprint density at radius 3 is 3.06 bits per heavy atom. The highest BCUT2D eigenvalue weighted by molar-refractivity contribution is 5.84. The Morgan fingerprint density at radius 1 is 1.25 bits per heavy atom. The molecule has 0 fully saturated rings. The first-order chi connectivity index (χ1) is 7.92. The zero-order valence-corrected chi connectivity index (χ0v) is 9.44.